The number of H-pyrrole nitrogens is 1. The standard InChI is InChI=1S/C18H22NO2P/c20-18-17(14-9-5-2-6-10-14)16(21-22)12-15(19-18)11-13-7-3-1-4-8-13/h2,5-6,9-10,12-13H,1,3-4,7-8,11,22H2,(H,19,20). The SMILES string of the molecule is O=c1[nH]c(CC2CCCCC2)cc(OP)c1-c1ccccc1. The minimum absolute atomic E-state index is 0.0723. The Kier molecular flexibility index (Phi) is 4.94. The lowest BCUT2D eigenvalue weighted by Crippen LogP contribution is -2.16. The van der Waals surface area contributed by atoms with E-state index in [9.17, 15) is 4.79 Å². The first kappa shape index (κ1) is 15.3. The van der Waals surface area contributed by atoms with Crippen LogP contribution in [0.5, 0.6) is 5.75 Å². The van der Waals surface area contributed by atoms with Crippen LogP contribution in [0, 0.1) is 5.92 Å². The number of hydrogen-bond donors (Lipinski definition) is 1. The lowest BCUT2D eigenvalue weighted by Gasteiger charge is -2.21. The van der Waals surface area contributed by atoms with Crippen molar-refractivity contribution in [3.63, 3.8) is 0 Å². The average Bonchev–Trinajstić information content (AvgIpc) is 2.56. The van der Waals surface area contributed by atoms with Gasteiger partial charge in [0, 0.05) is 11.8 Å². The highest BCUT2D eigenvalue weighted by Crippen LogP contribution is 2.31. The molecule has 3 nitrogen and oxygen atoms in total. The van der Waals surface area contributed by atoms with Crippen molar-refractivity contribution < 1.29 is 4.52 Å². The fourth-order valence-corrected chi connectivity index (χ4v) is 3.56. The van der Waals surface area contributed by atoms with Gasteiger partial charge in [-0.3, -0.25) is 4.79 Å². The third kappa shape index (κ3) is 3.41. The van der Waals surface area contributed by atoms with E-state index in [-0.39, 0.29) is 5.56 Å². The molecule has 1 aliphatic carbocycles. The van der Waals surface area contributed by atoms with Crippen molar-refractivity contribution in [3.05, 3.63) is 52.4 Å². The van der Waals surface area contributed by atoms with Crippen LogP contribution in [0.15, 0.2) is 41.2 Å². The number of rotatable bonds is 4. The summed E-state index contributed by atoms with van der Waals surface area (Å²) in [5.74, 6) is 1.31. The quantitative estimate of drug-likeness (QED) is 0.853. The van der Waals surface area contributed by atoms with Crippen LogP contribution in [0.3, 0.4) is 0 Å². The van der Waals surface area contributed by atoms with Crippen molar-refractivity contribution in [3.8, 4) is 16.9 Å². The van der Waals surface area contributed by atoms with E-state index in [1.165, 1.54) is 32.1 Å². The molecule has 0 aliphatic heterocycles. The average molecular weight is 315 g/mol. The van der Waals surface area contributed by atoms with Crippen LogP contribution in [-0.4, -0.2) is 4.98 Å². The highest BCUT2D eigenvalue weighted by molar-refractivity contribution is 7.10. The summed E-state index contributed by atoms with van der Waals surface area (Å²) in [6.07, 6.45) is 7.43. The summed E-state index contributed by atoms with van der Waals surface area (Å²) in [5, 5.41) is 0. The predicted molar refractivity (Wildman–Crippen MR) is 93.1 cm³/mol. The van der Waals surface area contributed by atoms with Gasteiger partial charge in [-0.2, -0.15) is 0 Å². The van der Waals surface area contributed by atoms with Gasteiger partial charge < -0.3 is 9.51 Å². The summed E-state index contributed by atoms with van der Waals surface area (Å²) in [4.78, 5) is 15.6. The zero-order chi connectivity index (χ0) is 15.4. The summed E-state index contributed by atoms with van der Waals surface area (Å²) >= 11 is 0. The Labute approximate surface area is 133 Å². The van der Waals surface area contributed by atoms with E-state index < -0.39 is 0 Å². The van der Waals surface area contributed by atoms with Gasteiger partial charge in [0.25, 0.3) is 5.56 Å². The Morgan fingerprint density at radius 2 is 1.86 bits per heavy atom. The second-order valence-corrected chi connectivity index (χ2v) is 6.29. The zero-order valence-corrected chi connectivity index (χ0v) is 13.8. The zero-order valence-electron chi connectivity index (χ0n) is 12.7. The van der Waals surface area contributed by atoms with Crippen LogP contribution < -0.4 is 10.1 Å². The molecule has 116 valence electrons. The molecule has 1 fully saturated rings. The Morgan fingerprint density at radius 1 is 1.14 bits per heavy atom. The first-order valence-electron chi connectivity index (χ1n) is 7.96. The molecule has 22 heavy (non-hydrogen) atoms. The van der Waals surface area contributed by atoms with Crippen molar-refractivity contribution in [1.29, 1.82) is 0 Å². The molecule has 1 atom stereocenters. The maximum atomic E-state index is 12.5. The van der Waals surface area contributed by atoms with Crippen LogP contribution in [0.2, 0.25) is 0 Å². The summed E-state index contributed by atoms with van der Waals surface area (Å²) < 4.78 is 5.41. The van der Waals surface area contributed by atoms with Gasteiger partial charge in [-0.1, -0.05) is 62.4 Å². The van der Waals surface area contributed by atoms with Crippen LogP contribution in [0.1, 0.15) is 37.8 Å². The van der Waals surface area contributed by atoms with Gasteiger partial charge in [0.05, 0.1) is 15.0 Å². The van der Waals surface area contributed by atoms with Gasteiger partial charge in [0.1, 0.15) is 5.75 Å². The first-order valence-corrected chi connectivity index (χ1v) is 8.43. The highest BCUT2D eigenvalue weighted by Gasteiger charge is 2.17. The van der Waals surface area contributed by atoms with Gasteiger partial charge in [0.2, 0.25) is 0 Å². The fraction of sp³-hybridized carbons (Fsp3) is 0.389. The topological polar surface area (TPSA) is 42.1 Å². The van der Waals surface area contributed by atoms with E-state index in [2.05, 4.69) is 14.5 Å². The van der Waals surface area contributed by atoms with Crippen LogP contribution in [0.4, 0.5) is 0 Å². The number of benzene rings is 1. The van der Waals surface area contributed by atoms with E-state index in [0.29, 0.717) is 17.2 Å². The van der Waals surface area contributed by atoms with Crippen molar-refractivity contribution >= 4 is 9.47 Å². The van der Waals surface area contributed by atoms with Gasteiger partial charge in [0.15, 0.2) is 0 Å². The number of aromatic nitrogens is 1. The molecule has 0 amide bonds. The van der Waals surface area contributed by atoms with Gasteiger partial charge >= 0.3 is 0 Å². The smallest absolute Gasteiger partial charge is 0.259 e. The van der Waals surface area contributed by atoms with E-state index in [0.717, 1.165) is 17.7 Å². The van der Waals surface area contributed by atoms with Crippen molar-refractivity contribution in [2.75, 3.05) is 0 Å². The molecule has 0 bridgehead atoms. The summed E-state index contributed by atoms with van der Waals surface area (Å²) in [5.41, 5.74) is 2.39. The molecule has 1 aromatic heterocycles. The Balaban J connectivity index is 1.92. The molecule has 1 heterocycles. The van der Waals surface area contributed by atoms with E-state index >= 15 is 0 Å². The van der Waals surface area contributed by atoms with Crippen LogP contribution >= 0.6 is 9.47 Å². The van der Waals surface area contributed by atoms with Gasteiger partial charge in [-0.25, -0.2) is 0 Å². The summed E-state index contributed by atoms with van der Waals surface area (Å²) in [6.45, 7) is 0. The van der Waals surface area contributed by atoms with Crippen LogP contribution in [0.25, 0.3) is 11.1 Å². The van der Waals surface area contributed by atoms with Crippen molar-refractivity contribution in [2.45, 2.75) is 38.5 Å². The molecule has 1 aliphatic rings. The number of nitrogens with one attached hydrogen (secondary N) is 1. The minimum Gasteiger partial charge on any atom is -0.479 e. The first-order chi connectivity index (χ1) is 10.8. The molecular weight excluding hydrogens is 293 g/mol. The van der Waals surface area contributed by atoms with Crippen molar-refractivity contribution in [2.24, 2.45) is 5.92 Å². The lowest BCUT2D eigenvalue weighted by atomic mass is 9.86. The lowest BCUT2D eigenvalue weighted by molar-refractivity contribution is 0.354. The maximum Gasteiger partial charge on any atom is 0.259 e. The summed E-state index contributed by atoms with van der Waals surface area (Å²) in [7, 11) is 2.26. The maximum absolute atomic E-state index is 12.5. The molecule has 1 N–H and O–H groups in total. The molecule has 2 aromatic rings. The molecule has 3 rings (SSSR count). The Bertz CT molecular complexity index is 675. The molecule has 1 aromatic carbocycles. The molecule has 4 heteroatoms. The van der Waals surface area contributed by atoms with Crippen LogP contribution in [-0.2, 0) is 6.42 Å². The van der Waals surface area contributed by atoms with E-state index in [1.807, 2.05) is 36.4 Å². The summed E-state index contributed by atoms with van der Waals surface area (Å²) in [6, 6.07) is 11.6. The molecular formula is C18H22NO2P. The largest absolute Gasteiger partial charge is 0.479 e. The molecule has 0 saturated heterocycles. The fourth-order valence-electron chi connectivity index (χ4n) is 3.37. The molecule has 0 radical (unpaired) electrons. The second-order valence-electron chi connectivity index (χ2n) is 6.05. The number of aromatic amines is 1. The predicted octanol–water partition coefficient (Wildman–Crippen LogP) is 4.33. The normalized spacial score (nSPS) is 15.7. The third-order valence-corrected chi connectivity index (χ3v) is 4.73. The van der Waals surface area contributed by atoms with Crippen molar-refractivity contribution in [1.82, 2.24) is 4.98 Å². The van der Waals surface area contributed by atoms with E-state index in [1.54, 1.807) is 0 Å². The number of hydrogen-bond acceptors (Lipinski definition) is 2. The molecule has 1 unspecified atom stereocenters. The Hall–Kier alpha value is -1.60. The minimum atomic E-state index is -0.0723. The monoisotopic (exact) mass is 315 g/mol. The molecule has 0 spiro atoms. The van der Waals surface area contributed by atoms with E-state index in [4.69, 9.17) is 4.52 Å². The van der Waals surface area contributed by atoms with Gasteiger partial charge in [-0.15, -0.1) is 0 Å². The Morgan fingerprint density at radius 3 is 2.55 bits per heavy atom. The third-order valence-electron chi connectivity index (χ3n) is 4.48. The second kappa shape index (κ2) is 7.11. The highest BCUT2D eigenvalue weighted by atomic mass is 31.0. The number of pyridine rings is 1. The molecule has 1 saturated carbocycles. The van der Waals surface area contributed by atoms with Gasteiger partial charge in [-0.05, 0) is 17.9 Å².